The molecule has 1 rings (SSSR count). The van der Waals surface area contributed by atoms with Gasteiger partial charge in [-0.1, -0.05) is 23.7 Å². The largest absolute Gasteiger partial charge is 0.466 e. The molecule has 7 heteroatoms. The van der Waals surface area contributed by atoms with Crippen molar-refractivity contribution >= 4 is 30.5 Å². The standard InChI is InChI=1S/C12H14ClO5P/c1-16-12(14)8-11(19(15,17-2)18-3)9-4-6-10(13)7-5-9/h4-8H,1-3H3/b11-8+. The SMILES string of the molecule is COC(=O)/C=C(\c1ccc(Cl)cc1)P(=O)(OC)OC. The number of ether oxygens (including phenoxy) is 1. The predicted molar refractivity (Wildman–Crippen MR) is 73.1 cm³/mol. The Hall–Kier alpha value is -1.13. The lowest BCUT2D eigenvalue weighted by Gasteiger charge is -2.17. The molecule has 0 aromatic heterocycles. The van der Waals surface area contributed by atoms with E-state index in [9.17, 15) is 9.36 Å². The molecule has 0 N–H and O–H groups in total. The zero-order chi connectivity index (χ0) is 14.5. The second-order valence-corrected chi connectivity index (χ2v) is 6.07. The fraction of sp³-hybridized carbons (Fsp3) is 0.250. The van der Waals surface area contributed by atoms with Crippen LogP contribution in [0.25, 0.3) is 5.31 Å². The Morgan fingerprint density at radius 1 is 1.16 bits per heavy atom. The maximum atomic E-state index is 12.4. The van der Waals surface area contributed by atoms with Crippen LogP contribution in [0, 0.1) is 0 Å². The molecule has 0 saturated carbocycles. The van der Waals surface area contributed by atoms with Gasteiger partial charge >= 0.3 is 13.6 Å². The van der Waals surface area contributed by atoms with Gasteiger partial charge in [0.2, 0.25) is 0 Å². The average molecular weight is 305 g/mol. The van der Waals surface area contributed by atoms with Crippen LogP contribution < -0.4 is 0 Å². The van der Waals surface area contributed by atoms with E-state index >= 15 is 0 Å². The van der Waals surface area contributed by atoms with Crippen molar-refractivity contribution < 1.29 is 23.1 Å². The minimum absolute atomic E-state index is 0.112. The van der Waals surface area contributed by atoms with Crippen LogP contribution in [0.3, 0.4) is 0 Å². The first-order valence-electron chi connectivity index (χ1n) is 5.24. The Balaban J connectivity index is 3.35. The van der Waals surface area contributed by atoms with Crippen LogP contribution in [0.5, 0.6) is 0 Å². The monoisotopic (exact) mass is 304 g/mol. The van der Waals surface area contributed by atoms with Crippen molar-refractivity contribution in [2.75, 3.05) is 21.3 Å². The van der Waals surface area contributed by atoms with E-state index in [0.717, 1.165) is 6.08 Å². The van der Waals surface area contributed by atoms with E-state index in [-0.39, 0.29) is 5.31 Å². The van der Waals surface area contributed by atoms with E-state index < -0.39 is 13.6 Å². The third kappa shape index (κ3) is 3.91. The molecule has 0 radical (unpaired) electrons. The van der Waals surface area contributed by atoms with Gasteiger partial charge < -0.3 is 13.8 Å². The van der Waals surface area contributed by atoms with E-state index in [1.807, 2.05) is 0 Å². The van der Waals surface area contributed by atoms with Gasteiger partial charge in [0, 0.05) is 25.3 Å². The Kier molecular flexibility index (Phi) is 5.76. The lowest BCUT2D eigenvalue weighted by Crippen LogP contribution is -2.00. The number of carbonyl (C=O) groups excluding carboxylic acids is 1. The van der Waals surface area contributed by atoms with Crippen LogP contribution in [-0.4, -0.2) is 27.3 Å². The van der Waals surface area contributed by atoms with Crippen molar-refractivity contribution in [3.05, 3.63) is 40.9 Å². The van der Waals surface area contributed by atoms with Gasteiger partial charge in [-0.25, -0.2) is 4.79 Å². The van der Waals surface area contributed by atoms with Crippen LogP contribution in [0.2, 0.25) is 5.02 Å². The maximum absolute atomic E-state index is 12.4. The molecule has 0 bridgehead atoms. The number of rotatable bonds is 5. The molecule has 0 fully saturated rings. The fourth-order valence-corrected chi connectivity index (χ4v) is 2.78. The van der Waals surface area contributed by atoms with Crippen molar-refractivity contribution in [1.29, 1.82) is 0 Å². The number of halogens is 1. The molecule has 19 heavy (non-hydrogen) atoms. The molecule has 1 aromatic rings. The lowest BCUT2D eigenvalue weighted by molar-refractivity contribution is -0.134. The van der Waals surface area contributed by atoms with Crippen molar-refractivity contribution in [3.8, 4) is 0 Å². The zero-order valence-electron chi connectivity index (χ0n) is 10.8. The molecule has 104 valence electrons. The Morgan fingerprint density at radius 2 is 1.68 bits per heavy atom. The first-order valence-corrected chi connectivity index (χ1v) is 7.16. The Labute approximate surface area is 116 Å². The quantitative estimate of drug-likeness (QED) is 0.474. The summed E-state index contributed by atoms with van der Waals surface area (Å²) in [6.45, 7) is 0. The van der Waals surface area contributed by atoms with Gasteiger partial charge in [-0.15, -0.1) is 0 Å². The van der Waals surface area contributed by atoms with Crippen molar-refractivity contribution in [1.82, 2.24) is 0 Å². The van der Waals surface area contributed by atoms with E-state index in [1.165, 1.54) is 21.3 Å². The van der Waals surface area contributed by atoms with Gasteiger partial charge in [0.05, 0.1) is 12.4 Å². The van der Waals surface area contributed by atoms with Crippen LogP contribution in [-0.2, 0) is 23.1 Å². The molecule has 0 atom stereocenters. The van der Waals surface area contributed by atoms with Crippen LogP contribution in [0.1, 0.15) is 5.56 Å². The summed E-state index contributed by atoms with van der Waals surface area (Å²) >= 11 is 5.79. The second-order valence-electron chi connectivity index (χ2n) is 3.42. The molecule has 0 aliphatic heterocycles. The smallest absolute Gasteiger partial charge is 0.361 e. The molecule has 0 saturated heterocycles. The number of carbonyl (C=O) groups is 1. The Bertz CT molecular complexity index is 515. The number of methoxy groups -OCH3 is 1. The van der Waals surface area contributed by atoms with Gasteiger partial charge in [0.15, 0.2) is 0 Å². The molecule has 0 unspecified atom stereocenters. The fourth-order valence-electron chi connectivity index (χ4n) is 1.38. The van der Waals surface area contributed by atoms with Gasteiger partial charge in [-0.05, 0) is 17.7 Å². The second kappa shape index (κ2) is 6.87. The highest BCUT2D eigenvalue weighted by Gasteiger charge is 2.30. The van der Waals surface area contributed by atoms with Crippen molar-refractivity contribution in [3.63, 3.8) is 0 Å². The number of hydrogen-bond acceptors (Lipinski definition) is 5. The molecule has 5 nitrogen and oxygen atoms in total. The maximum Gasteiger partial charge on any atom is 0.361 e. The molecular weight excluding hydrogens is 291 g/mol. The third-order valence-electron chi connectivity index (χ3n) is 2.37. The first-order chi connectivity index (χ1) is 8.96. The van der Waals surface area contributed by atoms with Crippen LogP contribution in [0.4, 0.5) is 0 Å². The van der Waals surface area contributed by atoms with Crippen molar-refractivity contribution in [2.45, 2.75) is 0 Å². The van der Waals surface area contributed by atoms with E-state index in [4.69, 9.17) is 20.6 Å². The van der Waals surface area contributed by atoms with E-state index in [1.54, 1.807) is 24.3 Å². The van der Waals surface area contributed by atoms with Crippen LogP contribution in [0.15, 0.2) is 30.3 Å². The predicted octanol–water partition coefficient (Wildman–Crippen LogP) is 3.34. The number of benzene rings is 1. The Morgan fingerprint density at radius 3 is 2.11 bits per heavy atom. The highest BCUT2D eigenvalue weighted by Crippen LogP contribution is 2.59. The van der Waals surface area contributed by atoms with Gasteiger partial charge in [-0.3, -0.25) is 4.57 Å². The summed E-state index contributed by atoms with van der Waals surface area (Å²) in [6.07, 6.45) is 1.08. The highest BCUT2D eigenvalue weighted by atomic mass is 35.5. The molecule has 0 heterocycles. The summed E-state index contributed by atoms with van der Waals surface area (Å²) in [4.78, 5) is 11.4. The summed E-state index contributed by atoms with van der Waals surface area (Å²) in [5.74, 6) is -0.653. The number of esters is 1. The summed E-state index contributed by atoms with van der Waals surface area (Å²) < 4.78 is 26.8. The topological polar surface area (TPSA) is 61.8 Å². The summed E-state index contributed by atoms with van der Waals surface area (Å²) in [6, 6.07) is 6.44. The normalized spacial score (nSPS) is 12.3. The summed E-state index contributed by atoms with van der Waals surface area (Å²) in [5, 5.41) is 0.631. The number of hydrogen-bond donors (Lipinski definition) is 0. The highest BCUT2D eigenvalue weighted by molar-refractivity contribution is 7.65. The van der Waals surface area contributed by atoms with Gasteiger partial charge in [-0.2, -0.15) is 0 Å². The van der Waals surface area contributed by atoms with E-state index in [2.05, 4.69) is 4.74 Å². The van der Waals surface area contributed by atoms with E-state index in [0.29, 0.717) is 10.6 Å². The summed E-state index contributed by atoms with van der Waals surface area (Å²) in [5.41, 5.74) is 0.502. The summed E-state index contributed by atoms with van der Waals surface area (Å²) in [7, 11) is 0.130. The molecule has 0 spiro atoms. The minimum atomic E-state index is -3.58. The first kappa shape index (κ1) is 15.9. The molecule has 0 aliphatic rings. The zero-order valence-corrected chi connectivity index (χ0v) is 12.4. The van der Waals surface area contributed by atoms with Gasteiger partial charge in [0.25, 0.3) is 0 Å². The molecular formula is C12H14ClO5P. The minimum Gasteiger partial charge on any atom is -0.466 e. The molecule has 0 amide bonds. The molecule has 0 aliphatic carbocycles. The van der Waals surface area contributed by atoms with Crippen LogP contribution >= 0.6 is 19.2 Å². The third-order valence-corrected chi connectivity index (χ3v) is 4.56. The average Bonchev–Trinajstić information content (AvgIpc) is 2.44. The van der Waals surface area contributed by atoms with Crippen molar-refractivity contribution in [2.24, 2.45) is 0 Å². The molecule has 1 aromatic carbocycles. The van der Waals surface area contributed by atoms with Gasteiger partial charge in [0.1, 0.15) is 0 Å². The lowest BCUT2D eigenvalue weighted by atomic mass is 10.2.